The van der Waals surface area contributed by atoms with Gasteiger partial charge in [0.15, 0.2) is 0 Å². The number of aryl methyl sites for hydroxylation is 1. The zero-order valence-corrected chi connectivity index (χ0v) is 13.0. The van der Waals surface area contributed by atoms with Gasteiger partial charge in [-0.2, -0.15) is 0 Å². The Morgan fingerprint density at radius 2 is 1.96 bits per heavy atom. The zero-order chi connectivity index (χ0) is 17.1. The van der Waals surface area contributed by atoms with E-state index in [9.17, 15) is 14.0 Å². The van der Waals surface area contributed by atoms with Crippen molar-refractivity contribution in [3.63, 3.8) is 0 Å². The van der Waals surface area contributed by atoms with E-state index < -0.39 is 5.91 Å². The van der Waals surface area contributed by atoms with Crippen LogP contribution in [0.2, 0.25) is 0 Å². The van der Waals surface area contributed by atoms with Crippen molar-refractivity contribution in [2.45, 2.75) is 13.3 Å². The number of nitrogens with one attached hydrogen (secondary N) is 2. The van der Waals surface area contributed by atoms with Crippen molar-refractivity contribution in [1.29, 1.82) is 0 Å². The molecule has 1 aliphatic rings. The van der Waals surface area contributed by atoms with Crippen LogP contribution in [0.15, 0.2) is 60.3 Å². The highest BCUT2D eigenvalue weighted by Gasteiger charge is 2.24. The summed E-state index contributed by atoms with van der Waals surface area (Å²) < 4.78 is 13.6. The van der Waals surface area contributed by atoms with Crippen LogP contribution in [0.4, 0.5) is 15.8 Å². The molecule has 0 aromatic heterocycles. The maximum absolute atomic E-state index is 13.6. The van der Waals surface area contributed by atoms with Gasteiger partial charge in [-0.05, 0) is 42.8 Å². The van der Waals surface area contributed by atoms with Crippen LogP contribution in [-0.4, -0.2) is 11.8 Å². The lowest BCUT2D eigenvalue weighted by Crippen LogP contribution is -2.47. The van der Waals surface area contributed by atoms with Gasteiger partial charge in [0.1, 0.15) is 11.5 Å². The monoisotopic (exact) mass is 325 g/mol. The average molecular weight is 325 g/mol. The van der Waals surface area contributed by atoms with Gasteiger partial charge < -0.3 is 5.32 Å². The van der Waals surface area contributed by atoms with Gasteiger partial charge in [-0.1, -0.05) is 24.3 Å². The van der Waals surface area contributed by atoms with Crippen LogP contribution in [-0.2, 0) is 9.59 Å². The number of hydrazine groups is 1. The van der Waals surface area contributed by atoms with Gasteiger partial charge in [0.2, 0.25) is 5.91 Å². The van der Waals surface area contributed by atoms with Gasteiger partial charge in [0.25, 0.3) is 5.91 Å². The smallest absolute Gasteiger partial charge is 0.273 e. The molecule has 24 heavy (non-hydrogen) atoms. The number of nitrogens with zero attached hydrogens (tertiary/aromatic N) is 1. The fourth-order valence-corrected chi connectivity index (χ4v) is 2.31. The zero-order valence-electron chi connectivity index (χ0n) is 13.0. The highest BCUT2D eigenvalue weighted by molar-refractivity contribution is 6.06. The molecule has 2 aromatic rings. The Labute approximate surface area is 138 Å². The van der Waals surface area contributed by atoms with Crippen LogP contribution >= 0.6 is 0 Å². The number of para-hydroxylation sites is 1. The summed E-state index contributed by atoms with van der Waals surface area (Å²) in [6, 6.07) is 13.5. The van der Waals surface area contributed by atoms with E-state index in [1.807, 2.05) is 6.07 Å². The average Bonchev–Trinajstić information content (AvgIpc) is 2.59. The molecule has 2 N–H and O–H groups in total. The molecule has 0 saturated carbocycles. The second kappa shape index (κ2) is 6.54. The first-order valence-electron chi connectivity index (χ1n) is 7.47. The number of carbonyl (C=O) groups is 2. The van der Waals surface area contributed by atoms with Crippen molar-refractivity contribution in [3.05, 3.63) is 71.7 Å². The van der Waals surface area contributed by atoms with Crippen molar-refractivity contribution in [1.82, 2.24) is 5.43 Å². The van der Waals surface area contributed by atoms with Crippen molar-refractivity contribution < 1.29 is 14.0 Å². The topological polar surface area (TPSA) is 61.4 Å². The molecule has 5 nitrogen and oxygen atoms in total. The molecule has 0 saturated heterocycles. The molecular weight excluding hydrogens is 309 g/mol. The third-order valence-corrected chi connectivity index (χ3v) is 3.65. The molecule has 1 aliphatic heterocycles. The second-order valence-corrected chi connectivity index (χ2v) is 5.42. The lowest BCUT2D eigenvalue weighted by Gasteiger charge is -2.28. The first-order valence-corrected chi connectivity index (χ1v) is 7.47. The van der Waals surface area contributed by atoms with Gasteiger partial charge in [-0.15, -0.1) is 0 Å². The minimum Gasteiger partial charge on any atom is -0.321 e. The van der Waals surface area contributed by atoms with Gasteiger partial charge in [0, 0.05) is 12.1 Å². The van der Waals surface area contributed by atoms with E-state index in [0.29, 0.717) is 16.9 Å². The predicted molar refractivity (Wildman–Crippen MR) is 89.5 cm³/mol. The first kappa shape index (κ1) is 15.7. The summed E-state index contributed by atoms with van der Waals surface area (Å²) >= 11 is 0. The number of amides is 2. The Bertz CT molecular complexity index is 818. The molecule has 0 radical (unpaired) electrons. The number of hydrogen-bond donors (Lipinski definition) is 2. The Balaban J connectivity index is 1.75. The molecule has 1 heterocycles. The number of benzene rings is 2. The van der Waals surface area contributed by atoms with Crippen molar-refractivity contribution in [3.8, 4) is 0 Å². The van der Waals surface area contributed by atoms with E-state index in [1.165, 1.54) is 17.2 Å². The molecule has 122 valence electrons. The third kappa shape index (κ3) is 3.27. The Hall–Kier alpha value is -3.15. The number of carbonyl (C=O) groups excluding carboxylic acids is 2. The van der Waals surface area contributed by atoms with Gasteiger partial charge in [-0.25, -0.2) is 9.40 Å². The van der Waals surface area contributed by atoms with Crippen LogP contribution < -0.4 is 15.8 Å². The number of rotatable bonds is 3. The van der Waals surface area contributed by atoms with Crippen LogP contribution in [0.25, 0.3) is 0 Å². The van der Waals surface area contributed by atoms with Crippen LogP contribution in [0.1, 0.15) is 12.0 Å². The Kier molecular flexibility index (Phi) is 4.29. The molecule has 0 atom stereocenters. The standard InChI is InChI=1S/C18H16FN3O2/c1-12-7-8-13(11-15(12)19)20-18(24)16-9-10-17(23)22(21-16)14-5-3-2-4-6-14/h2-9,11,21H,10H2,1H3,(H,20,24). The molecular formula is C18H16FN3O2. The summed E-state index contributed by atoms with van der Waals surface area (Å²) in [7, 11) is 0. The fraction of sp³-hybridized carbons (Fsp3) is 0.111. The van der Waals surface area contributed by atoms with Crippen LogP contribution in [0.5, 0.6) is 0 Å². The van der Waals surface area contributed by atoms with Crippen molar-refractivity contribution >= 4 is 23.2 Å². The molecule has 6 heteroatoms. The highest BCUT2D eigenvalue weighted by atomic mass is 19.1. The SMILES string of the molecule is Cc1ccc(NC(=O)C2=CCC(=O)N(c3ccccc3)N2)cc1F. The largest absolute Gasteiger partial charge is 0.321 e. The molecule has 2 aromatic carbocycles. The summed E-state index contributed by atoms with van der Waals surface area (Å²) in [6.45, 7) is 1.65. The maximum atomic E-state index is 13.6. The molecule has 2 amide bonds. The maximum Gasteiger partial charge on any atom is 0.273 e. The Morgan fingerprint density at radius 3 is 2.67 bits per heavy atom. The summed E-state index contributed by atoms with van der Waals surface area (Å²) in [4.78, 5) is 24.4. The van der Waals surface area contributed by atoms with E-state index >= 15 is 0 Å². The Morgan fingerprint density at radius 1 is 1.21 bits per heavy atom. The van der Waals surface area contributed by atoms with E-state index in [0.717, 1.165) is 0 Å². The summed E-state index contributed by atoms with van der Waals surface area (Å²) in [5.41, 5.74) is 4.54. The molecule has 0 fully saturated rings. The molecule has 3 rings (SSSR count). The van der Waals surface area contributed by atoms with E-state index in [-0.39, 0.29) is 23.8 Å². The van der Waals surface area contributed by atoms with E-state index in [4.69, 9.17) is 0 Å². The van der Waals surface area contributed by atoms with Crippen molar-refractivity contribution in [2.75, 3.05) is 10.3 Å². The lowest BCUT2D eigenvalue weighted by molar-refractivity contribution is -0.119. The number of halogens is 1. The van der Waals surface area contributed by atoms with E-state index in [1.54, 1.807) is 43.3 Å². The minimum atomic E-state index is -0.438. The number of hydrogen-bond acceptors (Lipinski definition) is 3. The molecule has 0 unspecified atom stereocenters. The molecule has 0 spiro atoms. The number of anilines is 2. The third-order valence-electron chi connectivity index (χ3n) is 3.65. The van der Waals surface area contributed by atoms with Gasteiger partial charge in [-0.3, -0.25) is 15.0 Å². The summed E-state index contributed by atoms with van der Waals surface area (Å²) in [5, 5.41) is 3.94. The predicted octanol–water partition coefficient (Wildman–Crippen LogP) is 2.90. The normalized spacial score (nSPS) is 14.0. The van der Waals surface area contributed by atoms with Crippen LogP contribution in [0, 0.1) is 12.7 Å². The summed E-state index contributed by atoms with van der Waals surface area (Å²) in [5.74, 6) is -0.995. The summed E-state index contributed by atoms with van der Waals surface area (Å²) in [6.07, 6.45) is 1.62. The fourth-order valence-electron chi connectivity index (χ4n) is 2.31. The van der Waals surface area contributed by atoms with Gasteiger partial charge in [0.05, 0.1) is 5.69 Å². The van der Waals surface area contributed by atoms with E-state index in [2.05, 4.69) is 10.7 Å². The van der Waals surface area contributed by atoms with Gasteiger partial charge >= 0.3 is 0 Å². The quantitative estimate of drug-likeness (QED) is 0.912. The minimum absolute atomic E-state index is 0.104. The molecule has 0 aliphatic carbocycles. The van der Waals surface area contributed by atoms with Crippen molar-refractivity contribution in [2.24, 2.45) is 0 Å². The second-order valence-electron chi connectivity index (χ2n) is 5.42. The van der Waals surface area contributed by atoms with Crippen LogP contribution in [0.3, 0.4) is 0 Å². The molecule has 0 bridgehead atoms. The lowest BCUT2D eigenvalue weighted by atomic mass is 10.2. The first-order chi connectivity index (χ1) is 11.5. The highest BCUT2D eigenvalue weighted by Crippen LogP contribution is 2.18.